The van der Waals surface area contributed by atoms with Gasteiger partial charge in [-0.1, -0.05) is 6.92 Å². The number of aromatic nitrogens is 2. The van der Waals surface area contributed by atoms with Crippen molar-refractivity contribution >= 4 is 0 Å². The summed E-state index contributed by atoms with van der Waals surface area (Å²) < 4.78 is 2.01. The number of nitrogens with zero attached hydrogens (tertiary/aromatic N) is 3. The Morgan fingerprint density at radius 2 is 2.31 bits per heavy atom. The van der Waals surface area contributed by atoms with Gasteiger partial charge in [-0.05, 0) is 19.4 Å². The summed E-state index contributed by atoms with van der Waals surface area (Å²) in [5.74, 6) is 0. The third-order valence-corrected chi connectivity index (χ3v) is 3.45. The first-order valence-electron chi connectivity index (χ1n) is 6.24. The molecule has 2 rings (SSSR count). The van der Waals surface area contributed by atoms with E-state index in [4.69, 9.17) is 0 Å². The minimum Gasteiger partial charge on any atom is -0.311 e. The molecule has 90 valence electrons. The van der Waals surface area contributed by atoms with Crippen molar-refractivity contribution in [2.24, 2.45) is 0 Å². The molecule has 2 unspecified atom stereocenters. The second-order valence-corrected chi connectivity index (χ2v) is 4.63. The molecule has 0 saturated carbocycles. The SMILES string of the molecule is CCC1CN(CCn2cccn2)C(C)CN1. The molecule has 1 fully saturated rings. The average molecular weight is 222 g/mol. The van der Waals surface area contributed by atoms with E-state index in [2.05, 4.69) is 29.2 Å². The van der Waals surface area contributed by atoms with Crippen LogP contribution in [0.3, 0.4) is 0 Å². The van der Waals surface area contributed by atoms with E-state index in [1.54, 1.807) is 0 Å². The fraction of sp³-hybridized carbons (Fsp3) is 0.750. The predicted molar refractivity (Wildman–Crippen MR) is 65.3 cm³/mol. The topological polar surface area (TPSA) is 33.1 Å². The van der Waals surface area contributed by atoms with Crippen LogP contribution in [-0.2, 0) is 6.54 Å². The zero-order valence-electron chi connectivity index (χ0n) is 10.3. The van der Waals surface area contributed by atoms with Gasteiger partial charge in [0.25, 0.3) is 0 Å². The Morgan fingerprint density at radius 1 is 1.44 bits per heavy atom. The molecule has 0 aliphatic carbocycles. The lowest BCUT2D eigenvalue weighted by Gasteiger charge is -2.38. The molecule has 4 heteroatoms. The van der Waals surface area contributed by atoms with Gasteiger partial charge in [0, 0.05) is 44.1 Å². The van der Waals surface area contributed by atoms with Crippen LogP contribution in [0.2, 0.25) is 0 Å². The van der Waals surface area contributed by atoms with Gasteiger partial charge in [0.1, 0.15) is 0 Å². The summed E-state index contributed by atoms with van der Waals surface area (Å²) in [5.41, 5.74) is 0. The molecule has 0 amide bonds. The molecule has 1 aromatic rings. The van der Waals surface area contributed by atoms with Crippen molar-refractivity contribution in [3.63, 3.8) is 0 Å². The summed E-state index contributed by atoms with van der Waals surface area (Å²) >= 11 is 0. The molecular weight excluding hydrogens is 200 g/mol. The quantitative estimate of drug-likeness (QED) is 0.823. The third kappa shape index (κ3) is 2.83. The van der Waals surface area contributed by atoms with E-state index in [9.17, 15) is 0 Å². The second kappa shape index (κ2) is 5.46. The molecule has 1 aromatic heterocycles. The summed E-state index contributed by atoms with van der Waals surface area (Å²) in [6.07, 6.45) is 5.09. The largest absolute Gasteiger partial charge is 0.311 e. The lowest BCUT2D eigenvalue weighted by atomic mass is 10.1. The van der Waals surface area contributed by atoms with Crippen molar-refractivity contribution in [2.45, 2.75) is 38.9 Å². The minimum absolute atomic E-state index is 0.637. The third-order valence-electron chi connectivity index (χ3n) is 3.45. The maximum absolute atomic E-state index is 4.24. The van der Waals surface area contributed by atoms with Gasteiger partial charge in [0.2, 0.25) is 0 Å². The van der Waals surface area contributed by atoms with Gasteiger partial charge in [0.05, 0.1) is 6.54 Å². The van der Waals surface area contributed by atoms with Gasteiger partial charge in [0.15, 0.2) is 0 Å². The molecule has 0 radical (unpaired) electrons. The van der Waals surface area contributed by atoms with Crippen LogP contribution < -0.4 is 5.32 Å². The maximum atomic E-state index is 4.24. The zero-order chi connectivity index (χ0) is 11.4. The zero-order valence-corrected chi connectivity index (χ0v) is 10.3. The Hall–Kier alpha value is -0.870. The van der Waals surface area contributed by atoms with Gasteiger partial charge in [-0.15, -0.1) is 0 Å². The fourth-order valence-electron chi connectivity index (χ4n) is 2.24. The number of piperazine rings is 1. The Kier molecular flexibility index (Phi) is 3.96. The van der Waals surface area contributed by atoms with Crippen molar-refractivity contribution in [1.29, 1.82) is 0 Å². The molecule has 0 aromatic carbocycles. The Balaban J connectivity index is 1.82. The van der Waals surface area contributed by atoms with Crippen molar-refractivity contribution in [3.05, 3.63) is 18.5 Å². The summed E-state index contributed by atoms with van der Waals surface area (Å²) in [5, 5.41) is 7.82. The highest BCUT2D eigenvalue weighted by molar-refractivity contribution is 4.84. The van der Waals surface area contributed by atoms with Crippen LogP contribution in [0.1, 0.15) is 20.3 Å². The molecule has 2 heterocycles. The number of hydrogen-bond donors (Lipinski definition) is 1. The van der Waals surface area contributed by atoms with E-state index < -0.39 is 0 Å². The Morgan fingerprint density at radius 3 is 3.00 bits per heavy atom. The van der Waals surface area contributed by atoms with Crippen LogP contribution in [0.4, 0.5) is 0 Å². The first kappa shape index (κ1) is 11.6. The summed E-state index contributed by atoms with van der Waals surface area (Å²) in [7, 11) is 0. The molecule has 1 saturated heterocycles. The van der Waals surface area contributed by atoms with Crippen LogP contribution in [0.15, 0.2) is 18.5 Å². The summed E-state index contributed by atoms with van der Waals surface area (Å²) in [4.78, 5) is 2.56. The average Bonchev–Trinajstić information content (AvgIpc) is 2.81. The van der Waals surface area contributed by atoms with Crippen molar-refractivity contribution in [2.75, 3.05) is 19.6 Å². The highest BCUT2D eigenvalue weighted by Gasteiger charge is 2.23. The number of rotatable bonds is 4. The van der Waals surface area contributed by atoms with Gasteiger partial charge in [-0.25, -0.2) is 0 Å². The Labute approximate surface area is 97.6 Å². The normalized spacial score (nSPS) is 27.1. The van der Waals surface area contributed by atoms with E-state index in [1.807, 2.05) is 23.1 Å². The standard InChI is InChI=1S/C12H22N4/c1-3-12-10-15(11(2)9-13-12)7-8-16-6-4-5-14-16/h4-6,11-13H,3,7-10H2,1-2H3. The number of nitrogens with one attached hydrogen (secondary N) is 1. The van der Waals surface area contributed by atoms with Crippen LogP contribution >= 0.6 is 0 Å². The van der Waals surface area contributed by atoms with Gasteiger partial charge in [-0.3, -0.25) is 9.58 Å². The van der Waals surface area contributed by atoms with Crippen LogP contribution in [0.25, 0.3) is 0 Å². The first-order chi connectivity index (χ1) is 7.79. The van der Waals surface area contributed by atoms with Crippen LogP contribution in [-0.4, -0.2) is 46.4 Å². The molecule has 2 atom stereocenters. The summed E-state index contributed by atoms with van der Waals surface area (Å²) in [6.45, 7) is 8.91. The second-order valence-electron chi connectivity index (χ2n) is 4.63. The predicted octanol–water partition coefficient (Wildman–Crippen LogP) is 0.955. The number of hydrogen-bond acceptors (Lipinski definition) is 3. The smallest absolute Gasteiger partial charge is 0.0536 e. The highest BCUT2D eigenvalue weighted by Crippen LogP contribution is 2.08. The molecule has 1 aliphatic rings. The molecule has 0 bridgehead atoms. The lowest BCUT2D eigenvalue weighted by Crippen LogP contribution is -2.55. The van der Waals surface area contributed by atoms with Crippen molar-refractivity contribution in [1.82, 2.24) is 20.0 Å². The maximum Gasteiger partial charge on any atom is 0.0536 e. The van der Waals surface area contributed by atoms with Crippen LogP contribution in [0, 0.1) is 0 Å². The molecule has 0 spiro atoms. The van der Waals surface area contributed by atoms with Crippen molar-refractivity contribution in [3.8, 4) is 0 Å². The first-order valence-corrected chi connectivity index (χ1v) is 6.24. The minimum atomic E-state index is 0.637. The van der Waals surface area contributed by atoms with E-state index in [-0.39, 0.29) is 0 Å². The lowest BCUT2D eigenvalue weighted by molar-refractivity contribution is 0.133. The molecule has 4 nitrogen and oxygen atoms in total. The molecule has 1 aliphatic heterocycles. The summed E-state index contributed by atoms with van der Waals surface area (Å²) in [6, 6.07) is 3.28. The van der Waals surface area contributed by atoms with Crippen LogP contribution in [0.5, 0.6) is 0 Å². The van der Waals surface area contributed by atoms with E-state index >= 15 is 0 Å². The van der Waals surface area contributed by atoms with E-state index in [0.29, 0.717) is 12.1 Å². The van der Waals surface area contributed by atoms with E-state index in [0.717, 1.165) is 19.6 Å². The molecule has 16 heavy (non-hydrogen) atoms. The molecule has 1 N–H and O–H groups in total. The molecular formula is C12H22N4. The monoisotopic (exact) mass is 222 g/mol. The Bertz CT molecular complexity index is 296. The fourth-order valence-corrected chi connectivity index (χ4v) is 2.24. The van der Waals surface area contributed by atoms with Gasteiger partial charge >= 0.3 is 0 Å². The van der Waals surface area contributed by atoms with Gasteiger partial charge in [-0.2, -0.15) is 5.10 Å². The van der Waals surface area contributed by atoms with Gasteiger partial charge < -0.3 is 5.32 Å². The van der Waals surface area contributed by atoms with E-state index in [1.165, 1.54) is 13.0 Å². The highest BCUT2D eigenvalue weighted by atomic mass is 15.3. The van der Waals surface area contributed by atoms with Crippen molar-refractivity contribution < 1.29 is 0 Å².